The molecular weight excluding hydrogens is 468 g/mol. The molecule has 1 saturated heterocycles. The number of nitrogens with zero attached hydrogens (tertiary/aromatic N) is 1. The van der Waals surface area contributed by atoms with Gasteiger partial charge < -0.3 is 10.1 Å². The summed E-state index contributed by atoms with van der Waals surface area (Å²) in [6.07, 6.45) is 2.94. The van der Waals surface area contributed by atoms with E-state index in [4.69, 9.17) is 4.74 Å². The fourth-order valence-electron chi connectivity index (χ4n) is 3.87. The third-order valence-corrected chi connectivity index (χ3v) is 8.55. The molecule has 1 fully saturated rings. The lowest BCUT2D eigenvalue weighted by Crippen LogP contribution is -2.41. The quantitative estimate of drug-likeness (QED) is 0.443. The monoisotopic (exact) mass is 496 g/mol. The molecule has 3 aromatic rings. The Kier molecular flexibility index (Phi) is 7.92. The first kappa shape index (κ1) is 24.3. The zero-order chi connectivity index (χ0) is 24.0. The van der Waals surface area contributed by atoms with Gasteiger partial charge in [-0.3, -0.25) is 4.79 Å². The summed E-state index contributed by atoms with van der Waals surface area (Å²) in [4.78, 5) is 14.1. The Morgan fingerprint density at radius 1 is 0.971 bits per heavy atom. The number of carbonyl (C=O) groups excluding carboxylic acids is 1. The number of sulfonamides is 1. The van der Waals surface area contributed by atoms with Crippen molar-refractivity contribution in [2.24, 2.45) is 5.92 Å². The van der Waals surface area contributed by atoms with Gasteiger partial charge in [-0.1, -0.05) is 30.3 Å². The number of ether oxygens (including phenoxy) is 1. The molecule has 1 amide bonds. The summed E-state index contributed by atoms with van der Waals surface area (Å²) in [6.45, 7) is 1.14. The predicted molar refractivity (Wildman–Crippen MR) is 136 cm³/mol. The van der Waals surface area contributed by atoms with E-state index in [-0.39, 0.29) is 11.8 Å². The van der Waals surface area contributed by atoms with Crippen LogP contribution in [0, 0.1) is 5.92 Å². The van der Waals surface area contributed by atoms with Crippen molar-refractivity contribution >= 4 is 33.4 Å². The standard InChI is InChI=1S/C26H28N2O4S2/c1-33-24-11-13-25(14-12-24)34(30,31)28-17-15-21(16-18-28)26(29)27-22-7-9-23(10-8-22)32-19-20-5-3-2-4-6-20/h2-14,21H,15-19H2,1H3,(H,27,29). The van der Waals surface area contributed by atoms with Gasteiger partial charge >= 0.3 is 0 Å². The summed E-state index contributed by atoms with van der Waals surface area (Å²) in [5.74, 6) is 0.421. The molecule has 0 saturated carbocycles. The Hall–Kier alpha value is -2.81. The van der Waals surface area contributed by atoms with Crippen molar-refractivity contribution in [1.29, 1.82) is 0 Å². The highest BCUT2D eigenvalue weighted by Gasteiger charge is 2.32. The van der Waals surface area contributed by atoms with E-state index in [1.807, 2.05) is 73.0 Å². The first-order valence-electron chi connectivity index (χ1n) is 11.2. The number of thioether (sulfide) groups is 1. The zero-order valence-corrected chi connectivity index (χ0v) is 20.6. The molecule has 34 heavy (non-hydrogen) atoms. The first-order valence-corrected chi connectivity index (χ1v) is 13.8. The molecule has 0 spiro atoms. The van der Waals surface area contributed by atoms with Gasteiger partial charge in [-0.05, 0) is 73.2 Å². The second-order valence-electron chi connectivity index (χ2n) is 8.14. The van der Waals surface area contributed by atoms with Gasteiger partial charge in [-0.2, -0.15) is 4.31 Å². The summed E-state index contributed by atoms with van der Waals surface area (Å²) < 4.78 is 33.1. The predicted octanol–water partition coefficient (Wildman–Crippen LogP) is 5.03. The van der Waals surface area contributed by atoms with Crippen LogP contribution >= 0.6 is 11.8 Å². The minimum Gasteiger partial charge on any atom is -0.489 e. The zero-order valence-electron chi connectivity index (χ0n) is 19.0. The molecule has 0 radical (unpaired) electrons. The van der Waals surface area contributed by atoms with Crippen LogP contribution in [0.2, 0.25) is 0 Å². The number of hydrogen-bond donors (Lipinski definition) is 1. The molecule has 4 rings (SSSR count). The van der Waals surface area contributed by atoms with Gasteiger partial charge in [0.15, 0.2) is 0 Å². The van der Waals surface area contributed by atoms with E-state index >= 15 is 0 Å². The Bertz CT molecular complexity index is 1190. The van der Waals surface area contributed by atoms with Gasteiger partial charge in [0.05, 0.1) is 4.90 Å². The van der Waals surface area contributed by atoms with Crippen LogP contribution in [0.15, 0.2) is 88.7 Å². The molecule has 1 aliphatic rings. The highest BCUT2D eigenvalue weighted by Crippen LogP contribution is 2.26. The van der Waals surface area contributed by atoms with E-state index in [9.17, 15) is 13.2 Å². The van der Waals surface area contributed by atoms with Crippen LogP contribution in [0.4, 0.5) is 5.69 Å². The molecule has 1 heterocycles. The van der Waals surface area contributed by atoms with Crippen molar-refractivity contribution < 1.29 is 17.9 Å². The average molecular weight is 497 g/mol. The normalized spacial score (nSPS) is 15.1. The van der Waals surface area contributed by atoms with Crippen molar-refractivity contribution in [3.63, 3.8) is 0 Å². The van der Waals surface area contributed by atoms with Crippen molar-refractivity contribution in [2.75, 3.05) is 24.7 Å². The highest BCUT2D eigenvalue weighted by atomic mass is 32.2. The van der Waals surface area contributed by atoms with Crippen LogP contribution in [0.3, 0.4) is 0 Å². The Balaban J connectivity index is 1.27. The number of amides is 1. The minimum atomic E-state index is -3.55. The molecule has 0 unspecified atom stereocenters. The van der Waals surface area contributed by atoms with Crippen LogP contribution in [-0.4, -0.2) is 38.0 Å². The maximum absolute atomic E-state index is 12.9. The second-order valence-corrected chi connectivity index (χ2v) is 11.0. The lowest BCUT2D eigenvalue weighted by Gasteiger charge is -2.30. The van der Waals surface area contributed by atoms with Crippen molar-refractivity contribution in [3.05, 3.63) is 84.4 Å². The van der Waals surface area contributed by atoms with Crippen molar-refractivity contribution in [3.8, 4) is 5.75 Å². The summed E-state index contributed by atoms with van der Waals surface area (Å²) in [5.41, 5.74) is 1.78. The lowest BCUT2D eigenvalue weighted by molar-refractivity contribution is -0.120. The number of rotatable bonds is 8. The first-order chi connectivity index (χ1) is 16.5. The van der Waals surface area contributed by atoms with Gasteiger partial charge in [0.25, 0.3) is 0 Å². The number of carbonyl (C=O) groups is 1. The second kappa shape index (κ2) is 11.1. The smallest absolute Gasteiger partial charge is 0.243 e. The van der Waals surface area contributed by atoms with Gasteiger partial charge in [-0.15, -0.1) is 11.8 Å². The number of nitrogens with one attached hydrogen (secondary N) is 1. The van der Waals surface area contributed by atoms with Gasteiger partial charge in [-0.25, -0.2) is 8.42 Å². The Morgan fingerprint density at radius 3 is 2.24 bits per heavy atom. The van der Waals surface area contributed by atoms with Gasteiger partial charge in [0.2, 0.25) is 15.9 Å². The van der Waals surface area contributed by atoms with Crippen LogP contribution in [0.25, 0.3) is 0 Å². The van der Waals surface area contributed by atoms with E-state index in [1.54, 1.807) is 23.9 Å². The molecule has 0 bridgehead atoms. The molecule has 0 atom stereocenters. The molecular formula is C26H28N2O4S2. The summed E-state index contributed by atoms with van der Waals surface area (Å²) >= 11 is 1.57. The van der Waals surface area contributed by atoms with Gasteiger partial charge in [0.1, 0.15) is 12.4 Å². The van der Waals surface area contributed by atoms with Gasteiger partial charge in [0, 0.05) is 29.6 Å². The number of hydrogen-bond acceptors (Lipinski definition) is 5. The minimum absolute atomic E-state index is 0.0840. The molecule has 0 aromatic heterocycles. The molecule has 3 aromatic carbocycles. The summed E-state index contributed by atoms with van der Waals surface area (Å²) in [6, 6.07) is 24.1. The van der Waals surface area contributed by atoms with Crippen LogP contribution in [0.5, 0.6) is 5.75 Å². The van der Waals surface area contributed by atoms with Crippen LogP contribution < -0.4 is 10.1 Å². The summed E-state index contributed by atoms with van der Waals surface area (Å²) in [7, 11) is -3.55. The molecule has 0 aliphatic carbocycles. The third-order valence-electron chi connectivity index (χ3n) is 5.89. The highest BCUT2D eigenvalue weighted by molar-refractivity contribution is 7.98. The molecule has 6 nitrogen and oxygen atoms in total. The Labute approximate surface area is 205 Å². The number of piperidine rings is 1. The lowest BCUT2D eigenvalue weighted by atomic mass is 9.97. The van der Waals surface area contributed by atoms with E-state index in [2.05, 4.69) is 5.32 Å². The molecule has 1 aliphatic heterocycles. The maximum atomic E-state index is 12.9. The van der Waals surface area contributed by atoms with Crippen molar-refractivity contribution in [2.45, 2.75) is 29.2 Å². The third kappa shape index (κ3) is 6.00. The summed E-state index contributed by atoms with van der Waals surface area (Å²) in [5, 5.41) is 2.95. The fourth-order valence-corrected chi connectivity index (χ4v) is 5.75. The van der Waals surface area contributed by atoms with E-state index < -0.39 is 10.0 Å². The van der Waals surface area contributed by atoms with Crippen molar-refractivity contribution in [1.82, 2.24) is 4.31 Å². The molecule has 8 heteroatoms. The molecule has 1 N–H and O–H groups in total. The fraction of sp³-hybridized carbons (Fsp3) is 0.269. The largest absolute Gasteiger partial charge is 0.489 e. The van der Waals surface area contributed by atoms with E-state index in [1.165, 1.54) is 4.31 Å². The Morgan fingerprint density at radius 2 is 1.62 bits per heavy atom. The maximum Gasteiger partial charge on any atom is 0.243 e. The van der Waals surface area contributed by atoms with E-state index in [0.29, 0.717) is 43.1 Å². The average Bonchev–Trinajstić information content (AvgIpc) is 2.89. The number of anilines is 1. The molecule has 178 valence electrons. The van der Waals surface area contributed by atoms with Crippen LogP contribution in [0.1, 0.15) is 18.4 Å². The van der Waals surface area contributed by atoms with Crippen LogP contribution in [-0.2, 0) is 21.4 Å². The topological polar surface area (TPSA) is 75.7 Å². The van der Waals surface area contributed by atoms with E-state index in [0.717, 1.165) is 16.2 Å². The number of benzene rings is 3. The SMILES string of the molecule is CSc1ccc(S(=O)(=O)N2CCC(C(=O)Nc3ccc(OCc4ccccc4)cc3)CC2)cc1.